The normalized spacial score (nSPS) is 16.8. The zero-order valence-electron chi connectivity index (χ0n) is 18.2. The topological polar surface area (TPSA) is 99.0 Å². The van der Waals surface area contributed by atoms with Gasteiger partial charge in [-0.2, -0.15) is 0 Å². The predicted octanol–water partition coefficient (Wildman–Crippen LogP) is 4.08. The van der Waals surface area contributed by atoms with E-state index < -0.39 is 22.8 Å². The Kier molecular flexibility index (Phi) is 7.37. The number of nitrogens with zero attached hydrogens (tertiary/aromatic N) is 2. The minimum absolute atomic E-state index is 0.0745. The molecule has 1 aromatic carbocycles. The highest BCUT2D eigenvalue weighted by Crippen LogP contribution is 2.42. The van der Waals surface area contributed by atoms with E-state index >= 15 is 0 Å². The monoisotopic (exact) mass is 416 g/mol. The van der Waals surface area contributed by atoms with Crippen molar-refractivity contribution in [2.24, 2.45) is 0 Å². The number of ether oxygens (including phenoxy) is 2. The van der Waals surface area contributed by atoms with E-state index in [4.69, 9.17) is 9.47 Å². The van der Waals surface area contributed by atoms with Crippen LogP contribution in [0.4, 0.5) is 5.69 Å². The molecule has 30 heavy (non-hydrogen) atoms. The third-order valence-electron chi connectivity index (χ3n) is 5.02. The smallest absolute Gasteiger partial charge is 0.337 e. The Hall–Kier alpha value is -3.16. The first-order chi connectivity index (χ1) is 14.1. The molecular formula is C22H28N2O6. The fraction of sp³-hybridized carbons (Fsp3) is 0.455. The first-order valence-corrected chi connectivity index (χ1v) is 9.87. The van der Waals surface area contributed by atoms with Gasteiger partial charge in [-0.3, -0.25) is 10.1 Å². The fourth-order valence-electron chi connectivity index (χ4n) is 3.38. The van der Waals surface area contributed by atoms with Crippen LogP contribution in [0.3, 0.4) is 0 Å². The Balaban J connectivity index is 2.67. The molecule has 1 unspecified atom stereocenters. The summed E-state index contributed by atoms with van der Waals surface area (Å²) >= 11 is 0. The molecule has 162 valence electrons. The maximum Gasteiger partial charge on any atom is 0.337 e. The number of carbonyl (C=O) groups excluding carboxylic acids is 2. The van der Waals surface area contributed by atoms with Crippen molar-refractivity contribution in [3.8, 4) is 0 Å². The molecule has 1 aliphatic heterocycles. The number of nitro benzene ring substituents is 1. The van der Waals surface area contributed by atoms with Gasteiger partial charge in [-0.15, -0.1) is 0 Å². The van der Waals surface area contributed by atoms with Gasteiger partial charge in [-0.05, 0) is 39.7 Å². The quantitative estimate of drug-likeness (QED) is 0.375. The fourth-order valence-corrected chi connectivity index (χ4v) is 3.38. The van der Waals surface area contributed by atoms with Crippen LogP contribution in [0.5, 0.6) is 0 Å². The Bertz CT molecular complexity index is 899. The van der Waals surface area contributed by atoms with E-state index in [1.165, 1.54) is 12.1 Å². The SMILES string of the molecule is CCCOC(=O)C1=C(C)N(C)C(C)=C(C(=O)OC(C)C)C1c1ccc([N+](=O)[O-])cc1. The van der Waals surface area contributed by atoms with Crippen molar-refractivity contribution >= 4 is 17.6 Å². The van der Waals surface area contributed by atoms with E-state index in [1.54, 1.807) is 51.8 Å². The second-order valence-corrected chi connectivity index (χ2v) is 7.43. The summed E-state index contributed by atoms with van der Waals surface area (Å²) < 4.78 is 10.9. The minimum Gasteiger partial charge on any atom is -0.462 e. The molecule has 8 heteroatoms. The van der Waals surface area contributed by atoms with E-state index in [9.17, 15) is 19.7 Å². The molecule has 8 nitrogen and oxygen atoms in total. The van der Waals surface area contributed by atoms with Crippen molar-refractivity contribution in [2.45, 2.75) is 53.1 Å². The second kappa shape index (κ2) is 9.56. The van der Waals surface area contributed by atoms with Gasteiger partial charge >= 0.3 is 11.9 Å². The molecule has 0 radical (unpaired) electrons. The number of hydrogen-bond donors (Lipinski definition) is 0. The van der Waals surface area contributed by atoms with E-state index in [0.717, 1.165) is 0 Å². The lowest BCUT2D eigenvalue weighted by atomic mass is 9.80. The van der Waals surface area contributed by atoms with Gasteiger partial charge in [-0.25, -0.2) is 9.59 Å². The highest BCUT2D eigenvalue weighted by atomic mass is 16.6. The molecular weight excluding hydrogens is 388 g/mol. The zero-order chi connectivity index (χ0) is 22.6. The van der Waals surface area contributed by atoms with Crippen LogP contribution in [0, 0.1) is 10.1 Å². The summed E-state index contributed by atoms with van der Waals surface area (Å²) in [5, 5.41) is 11.1. The zero-order valence-corrected chi connectivity index (χ0v) is 18.2. The molecule has 1 atom stereocenters. The van der Waals surface area contributed by atoms with Gasteiger partial charge in [-0.1, -0.05) is 19.1 Å². The largest absolute Gasteiger partial charge is 0.462 e. The third kappa shape index (κ3) is 4.69. The number of esters is 2. The number of allylic oxidation sites excluding steroid dienone is 2. The van der Waals surface area contributed by atoms with Crippen LogP contribution in [0.25, 0.3) is 0 Å². The van der Waals surface area contributed by atoms with Crippen LogP contribution in [0.2, 0.25) is 0 Å². The van der Waals surface area contributed by atoms with Crippen LogP contribution in [0.15, 0.2) is 46.8 Å². The molecule has 0 amide bonds. The summed E-state index contributed by atoms with van der Waals surface area (Å²) in [6, 6.07) is 5.84. The molecule has 1 aliphatic rings. The van der Waals surface area contributed by atoms with Gasteiger partial charge in [0.15, 0.2) is 0 Å². The summed E-state index contributed by atoms with van der Waals surface area (Å²) in [7, 11) is 1.77. The number of non-ortho nitro benzene ring substituents is 1. The number of benzene rings is 1. The van der Waals surface area contributed by atoms with Crippen molar-refractivity contribution in [2.75, 3.05) is 13.7 Å². The number of rotatable bonds is 7. The molecule has 0 fully saturated rings. The lowest BCUT2D eigenvalue weighted by Gasteiger charge is -2.36. The average Bonchev–Trinajstić information content (AvgIpc) is 2.69. The molecule has 0 aliphatic carbocycles. The Labute approximate surface area is 176 Å². The van der Waals surface area contributed by atoms with Gasteiger partial charge in [0.05, 0.1) is 34.7 Å². The van der Waals surface area contributed by atoms with Crippen LogP contribution >= 0.6 is 0 Å². The van der Waals surface area contributed by atoms with E-state index in [1.807, 2.05) is 6.92 Å². The molecule has 1 heterocycles. The highest BCUT2D eigenvalue weighted by Gasteiger charge is 2.40. The average molecular weight is 416 g/mol. The summed E-state index contributed by atoms with van der Waals surface area (Å²) in [6.07, 6.45) is 0.316. The van der Waals surface area contributed by atoms with Crippen molar-refractivity contribution in [3.63, 3.8) is 0 Å². The summed E-state index contributed by atoms with van der Waals surface area (Å²) in [4.78, 5) is 38.3. The molecule has 1 aromatic rings. The van der Waals surface area contributed by atoms with Crippen molar-refractivity contribution < 1.29 is 24.0 Å². The maximum atomic E-state index is 13.0. The third-order valence-corrected chi connectivity index (χ3v) is 5.02. The summed E-state index contributed by atoms with van der Waals surface area (Å²) in [5.41, 5.74) is 2.43. The Morgan fingerprint density at radius 1 is 1.10 bits per heavy atom. The van der Waals surface area contributed by atoms with Crippen LogP contribution in [0.1, 0.15) is 52.5 Å². The standard InChI is InChI=1S/C22H28N2O6/c1-7-12-29-21(25)18-14(4)23(6)15(5)19(22(26)30-13(2)3)20(18)16-8-10-17(11-9-16)24(27)28/h8-11,13,20H,7,12H2,1-6H3. The van der Waals surface area contributed by atoms with E-state index in [2.05, 4.69) is 0 Å². The van der Waals surface area contributed by atoms with Gasteiger partial charge in [0.25, 0.3) is 5.69 Å². The van der Waals surface area contributed by atoms with Crippen LogP contribution in [-0.2, 0) is 19.1 Å². The lowest BCUT2D eigenvalue weighted by Crippen LogP contribution is -2.34. The minimum atomic E-state index is -0.752. The number of hydrogen-bond acceptors (Lipinski definition) is 7. The van der Waals surface area contributed by atoms with Gasteiger partial charge in [0, 0.05) is 30.6 Å². The first kappa shape index (κ1) is 23.1. The second-order valence-electron chi connectivity index (χ2n) is 7.43. The molecule has 0 saturated carbocycles. The van der Waals surface area contributed by atoms with Gasteiger partial charge in [0.1, 0.15) is 0 Å². The van der Waals surface area contributed by atoms with Crippen LogP contribution in [-0.4, -0.2) is 41.5 Å². The first-order valence-electron chi connectivity index (χ1n) is 9.87. The van der Waals surface area contributed by atoms with Crippen molar-refractivity contribution in [1.82, 2.24) is 4.90 Å². The molecule has 0 bridgehead atoms. The van der Waals surface area contributed by atoms with Gasteiger partial charge < -0.3 is 14.4 Å². The van der Waals surface area contributed by atoms with E-state index in [0.29, 0.717) is 34.5 Å². The van der Waals surface area contributed by atoms with Gasteiger partial charge in [0.2, 0.25) is 0 Å². The highest BCUT2D eigenvalue weighted by molar-refractivity contribution is 6.00. The molecule has 0 saturated heterocycles. The predicted molar refractivity (Wildman–Crippen MR) is 111 cm³/mol. The maximum absolute atomic E-state index is 13.0. The number of nitro groups is 1. The molecule has 0 aromatic heterocycles. The van der Waals surface area contributed by atoms with E-state index in [-0.39, 0.29) is 18.4 Å². The summed E-state index contributed by atoms with van der Waals surface area (Å²) in [5.74, 6) is -1.81. The Morgan fingerprint density at radius 3 is 2.10 bits per heavy atom. The Morgan fingerprint density at radius 2 is 1.63 bits per heavy atom. The number of carbonyl (C=O) groups is 2. The lowest BCUT2D eigenvalue weighted by molar-refractivity contribution is -0.384. The van der Waals surface area contributed by atoms with Crippen molar-refractivity contribution in [1.29, 1.82) is 0 Å². The molecule has 2 rings (SSSR count). The molecule has 0 spiro atoms. The van der Waals surface area contributed by atoms with Crippen molar-refractivity contribution in [3.05, 3.63) is 62.5 Å². The summed E-state index contributed by atoms with van der Waals surface area (Å²) in [6.45, 7) is 9.21. The molecule has 0 N–H and O–H groups in total. The van der Waals surface area contributed by atoms with Crippen LogP contribution < -0.4 is 0 Å².